The Bertz CT molecular complexity index is 620. The highest BCUT2D eigenvalue weighted by molar-refractivity contribution is 5.43. The van der Waals surface area contributed by atoms with Crippen molar-refractivity contribution in [3.63, 3.8) is 0 Å². The van der Waals surface area contributed by atoms with E-state index in [-0.39, 0.29) is 17.8 Å². The van der Waals surface area contributed by atoms with Crippen LogP contribution in [0.4, 0.5) is 5.82 Å². The van der Waals surface area contributed by atoms with Crippen LogP contribution in [0.1, 0.15) is 32.1 Å². The van der Waals surface area contributed by atoms with Gasteiger partial charge < -0.3 is 10.4 Å². The number of aliphatic hydroxyl groups is 1. The minimum Gasteiger partial charge on any atom is -0.391 e. The predicted octanol–water partition coefficient (Wildman–Crippen LogP) is 0.523. The minimum absolute atomic E-state index is 0.00458. The molecule has 1 aliphatic carbocycles. The van der Waals surface area contributed by atoms with E-state index >= 15 is 0 Å². The number of nitrogens with zero attached hydrogens (tertiary/aromatic N) is 3. The van der Waals surface area contributed by atoms with Gasteiger partial charge in [0.2, 0.25) is 0 Å². The maximum absolute atomic E-state index is 11.4. The van der Waals surface area contributed by atoms with Crippen LogP contribution in [0.5, 0.6) is 0 Å². The lowest BCUT2D eigenvalue weighted by Gasteiger charge is -2.22. The second-order valence-electron chi connectivity index (χ2n) is 4.97. The molecule has 1 fully saturated rings. The summed E-state index contributed by atoms with van der Waals surface area (Å²) < 4.78 is 1.21. The van der Waals surface area contributed by atoms with Crippen LogP contribution in [0, 0.1) is 0 Å². The maximum Gasteiger partial charge on any atom is 0.364 e. The Hall–Kier alpha value is -1.89. The molecule has 2 heterocycles. The van der Waals surface area contributed by atoms with Crippen molar-refractivity contribution in [2.24, 2.45) is 0 Å². The van der Waals surface area contributed by atoms with Gasteiger partial charge in [-0.2, -0.15) is 9.61 Å². The van der Waals surface area contributed by atoms with Gasteiger partial charge in [-0.3, -0.25) is 0 Å². The predicted molar refractivity (Wildman–Crippen MR) is 70.1 cm³/mol. The lowest BCUT2D eigenvalue weighted by molar-refractivity contribution is 0.144. The summed E-state index contributed by atoms with van der Waals surface area (Å²) in [5.41, 5.74) is 0.122. The summed E-state index contributed by atoms with van der Waals surface area (Å²) in [5, 5.41) is 23.6. The zero-order chi connectivity index (χ0) is 13.2. The van der Waals surface area contributed by atoms with Crippen molar-refractivity contribution in [1.29, 1.82) is 0 Å². The molecule has 2 aromatic heterocycles. The average molecular weight is 263 g/mol. The molecule has 0 amide bonds. The molecular formula is C12H17N5O2. The number of aromatic nitrogens is 4. The third-order valence-corrected chi connectivity index (χ3v) is 3.59. The van der Waals surface area contributed by atoms with Crippen molar-refractivity contribution in [3.8, 4) is 0 Å². The number of aliphatic hydroxyl groups excluding tert-OH is 1. The van der Waals surface area contributed by atoms with Gasteiger partial charge in [-0.05, 0) is 25.0 Å². The number of rotatable bonds is 2. The number of nitrogens with one attached hydrogen (secondary N) is 2. The van der Waals surface area contributed by atoms with Gasteiger partial charge in [0.25, 0.3) is 0 Å². The van der Waals surface area contributed by atoms with Crippen LogP contribution < -0.4 is 11.0 Å². The average Bonchev–Trinajstić information content (AvgIpc) is 2.65. The highest BCUT2D eigenvalue weighted by atomic mass is 16.3. The zero-order valence-corrected chi connectivity index (χ0v) is 10.5. The summed E-state index contributed by atoms with van der Waals surface area (Å²) in [6.07, 6.45) is 4.69. The van der Waals surface area contributed by atoms with Crippen molar-refractivity contribution in [2.75, 3.05) is 5.32 Å². The Labute approximate surface area is 109 Å². The fourth-order valence-electron chi connectivity index (χ4n) is 2.53. The number of H-pyrrole nitrogens is 1. The normalized spacial score (nSPS) is 24.3. The number of hydrogen-bond donors (Lipinski definition) is 3. The topological polar surface area (TPSA) is 95.3 Å². The molecule has 7 heteroatoms. The van der Waals surface area contributed by atoms with E-state index in [0.29, 0.717) is 11.5 Å². The fourth-order valence-corrected chi connectivity index (χ4v) is 2.53. The lowest BCUT2D eigenvalue weighted by atomic mass is 10.1. The van der Waals surface area contributed by atoms with Crippen molar-refractivity contribution >= 4 is 11.5 Å². The highest BCUT2D eigenvalue weighted by Crippen LogP contribution is 2.20. The van der Waals surface area contributed by atoms with E-state index in [0.717, 1.165) is 32.1 Å². The van der Waals surface area contributed by atoms with E-state index in [1.54, 1.807) is 12.1 Å². The van der Waals surface area contributed by atoms with Gasteiger partial charge in [0, 0.05) is 0 Å². The SMILES string of the molecule is O=c1[nH]nc2ccc(NC3CCCCCC3O)nn12. The summed E-state index contributed by atoms with van der Waals surface area (Å²) >= 11 is 0. The number of hydrogen-bond acceptors (Lipinski definition) is 5. The minimum atomic E-state index is -0.361. The van der Waals surface area contributed by atoms with Gasteiger partial charge in [0.05, 0.1) is 12.1 Å². The van der Waals surface area contributed by atoms with Crippen molar-refractivity contribution < 1.29 is 5.11 Å². The first-order chi connectivity index (χ1) is 9.24. The smallest absolute Gasteiger partial charge is 0.364 e. The second-order valence-corrected chi connectivity index (χ2v) is 4.97. The van der Waals surface area contributed by atoms with E-state index in [4.69, 9.17) is 0 Å². The molecule has 102 valence electrons. The molecule has 3 N–H and O–H groups in total. The van der Waals surface area contributed by atoms with E-state index in [1.165, 1.54) is 4.52 Å². The molecule has 1 saturated carbocycles. The van der Waals surface area contributed by atoms with Gasteiger partial charge >= 0.3 is 5.69 Å². The second kappa shape index (κ2) is 5.00. The summed E-state index contributed by atoms with van der Waals surface area (Å²) in [7, 11) is 0. The molecule has 0 bridgehead atoms. The van der Waals surface area contributed by atoms with E-state index in [9.17, 15) is 9.90 Å². The van der Waals surface area contributed by atoms with Gasteiger partial charge in [-0.15, -0.1) is 5.10 Å². The van der Waals surface area contributed by atoms with E-state index in [2.05, 4.69) is 20.6 Å². The van der Waals surface area contributed by atoms with Crippen molar-refractivity contribution in [1.82, 2.24) is 19.8 Å². The summed E-state index contributed by atoms with van der Waals surface area (Å²) in [5.74, 6) is 0.585. The summed E-state index contributed by atoms with van der Waals surface area (Å²) in [4.78, 5) is 11.4. The third kappa shape index (κ3) is 2.46. The molecule has 3 rings (SSSR count). The first kappa shape index (κ1) is 12.2. The molecule has 2 aromatic rings. The standard InChI is InChI=1S/C12H17N5O2/c18-9-5-3-1-2-4-8(9)13-10-6-7-11-14-15-12(19)17(11)16-10/h6-9,18H,1-5H2,(H,13,16)(H,15,19). The van der Waals surface area contributed by atoms with Gasteiger partial charge in [0.15, 0.2) is 5.65 Å². The summed E-state index contributed by atoms with van der Waals surface area (Å²) in [6, 6.07) is 3.49. The Morgan fingerprint density at radius 1 is 1.32 bits per heavy atom. The Balaban J connectivity index is 1.83. The van der Waals surface area contributed by atoms with Crippen LogP contribution >= 0.6 is 0 Å². The number of anilines is 1. The fraction of sp³-hybridized carbons (Fsp3) is 0.583. The highest BCUT2D eigenvalue weighted by Gasteiger charge is 2.21. The molecule has 0 aromatic carbocycles. The molecule has 0 saturated heterocycles. The zero-order valence-electron chi connectivity index (χ0n) is 10.5. The lowest BCUT2D eigenvalue weighted by Crippen LogP contribution is -2.33. The third-order valence-electron chi connectivity index (χ3n) is 3.59. The maximum atomic E-state index is 11.4. The Morgan fingerprint density at radius 2 is 2.16 bits per heavy atom. The van der Waals surface area contributed by atoms with Crippen LogP contribution in [0.15, 0.2) is 16.9 Å². The molecule has 7 nitrogen and oxygen atoms in total. The van der Waals surface area contributed by atoms with Crippen LogP contribution in [0.3, 0.4) is 0 Å². The van der Waals surface area contributed by atoms with Gasteiger partial charge in [-0.25, -0.2) is 9.89 Å². The van der Waals surface area contributed by atoms with E-state index in [1.807, 2.05) is 0 Å². The van der Waals surface area contributed by atoms with Crippen LogP contribution in [-0.4, -0.2) is 37.1 Å². The van der Waals surface area contributed by atoms with Crippen molar-refractivity contribution in [3.05, 3.63) is 22.6 Å². The molecule has 19 heavy (non-hydrogen) atoms. The number of fused-ring (bicyclic) bond motifs is 1. The Morgan fingerprint density at radius 3 is 3.05 bits per heavy atom. The summed E-state index contributed by atoms with van der Waals surface area (Å²) in [6.45, 7) is 0. The largest absolute Gasteiger partial charge is 0.391 e. The molecule has 1 aliphatic rings. The molecule has 0 aliphatic heterocycles. The van der Waals surface area contributed by atoms with Crippen LogP contribution in [-0.2, 0) is 0 Å². The molecule has 0 radical (unpaired) electrons. The van der Waals surface area contributed by atoms with Crippen LogP contribution in [0.2, 0.25) is 0 Å². The monoisotopic (exact) mass is 263 g/mol. The molecule has 2 atom stereocenters. The first-order valence-electron chi connectivity index (χ1n) is 6.63. The first-order valence-corrected chi connectivity index (χ1v) is 6.63. The van der Waals surface area contributed by atoms with Gasteiger partial charge in [0.1, 0.15) is 5.82 Å². The van der Waals surface area contributed by atoms with Crippen LogP contribution in [0.25, 0.3) is 5.65 Å². The van der Waals surface area contributed by atoms with Crippen molar-refractivity contribution in [2.45, 2.75) is 44.2 Å². The van der Waals surface area contributed by atoms with E-state index < -0.39 is 0 Å². The Kier molecular flexibility index (Phi) is 3.20. The van der Waals surface area contributed by atoms with Gasteiger partial charge in [-0.1, -0.05) is 19.3 Å². The molecule has 0 spiro atoms. The quantitative estimate of drug-likeness (QED) is 0.687. The molecular weight excluding hydrogens is 246 g/mol. The number of aromatic amines is 1. The molecule has 2 unspecified atom stereocenters.